The summed E-state index contributed by atoms with van der Waals surface area (Å²) in [6.07, 6.45) is 0.0759. The molecule has 3 rings (SSSR count). The summed E-state index contributed by atoms with van der Waals surface area (Å²) in [4.78, 5) is 6.59. The van der Waals surface area contributed by atoms with E-state index in [1.807, 2.05) is 18.5 Å². The van der Waals surface area contributed by atoms with Gasteiger partial charge in [0.1, 0.15) is 18.3 Å². The monoisotopic (exact) mass is 334 g/mol. The van der Waals surface area contributed by atoms with Gasteiger partial charge in [0.2, 0.25) is 0 Å². The number of aryl methyl sites for hydroxylation is 2. The number of nitrogens with zero attached hydrogens (tertiary/aromatic N) is 4. The summed E-state index contributed by atoms with van der Waals surface area (Å²) in [5, 5.41) is 4.38. The molecule has 0 saturated carbocycles. The van der Waals surface area contributed by atoms with Crippen molar-refractivity contribution in [2.24, 2.45) is 0 Å². The Morgan fingerprint density at radius 3 is 2.92 bits per heavy atom. The van der Waals surface area contributed by atoms with Crippen LogP contribution in [0.2, 0.25) is 0 Å². The van der Waals surface area contributed by atoms with Gasteiger partial charge < -0.3 is 9.47 Å². The molecule has 1 fully saturated rings. The fourth-order valence-corrected chi connectivity index (χ4v) is 2.87. The van der Waals surface area contributed by atoms with Gasteiger partial charge in [-0.3, -0.25) is 4.90 Å². The Hall–Kier alpha value is -1.99. The second-order valence-electron chi connectivity index (χ2n) is 5.96. The van der Waals surface area contributed by atoms with Crippen LogP contribution in [0.3, 0.4) is 0 Å². The lowest BCUT2D eigenvalue weighted by Crippen LogP contribution is -2.45. The maximum Gasteiger partial charge on any atom is 0.165 e. The van der Waals surface area contributed by atoms with E-state index >= 15 is 0 Å². The standard InChI is InChI=1S/C17H23FN4O2/c1-13-19-14(2)22(20-13)12-15-11-21(7-9-23-15)8-10-24-17-6-4-3-5-16(17)18/h3-6,15H,7-12H2,1-2H3. The minimum absolute atomic E-state index is 0.0759. The van der Waals surface area contributed by atoms with E-state index in [0.29, 0.717) is 25.5 Å². The topological polar surface area (TPSA) is 52.4 Å². The van der Waals surface area contributed by atoms with Crippen molar-refractivity contribution in [1.82, 2.24) is 19.7 Å². The number of hydrogen-bond donors (Lipinski definition) is 0. The summed E-state index contributed by atoms with van der Waals surface area (Å²) in [7, 11) is 0. The van der Waals surface area contributed by atoms with Crippen molar-refractivity contribution in [3.8, 4) is 5.75 Å². The van der Waals surface area contributed by atoms with E-state index in [0.717, 1.165) is 31.3 Å². The highest BCUT2D eigenvalue weighted by Gasteiger charge is 2.22. The van der Waals surface area contributed by atoms with Crippen molar-refractivity contribution in [2.45, 2.75) is 26.5 Å². The molecule has 1 saturated heterocycles. The van der Waals surface area contributed by atoms with Crippen LogP contribution in [0, 0.1) is 19.7 Å². The fourth-order valence-electron chi connectivity index (χ4n) is 2.87. The summed E-state index contributed by atoms with van der Waals surface area (Å²) >= 11 is 0. The van der Waals surface area contributed by atoms with Gasteiger partial charge in [-0.1, -0.05) is 12.1 Å². The fraction of sp³-hybridized carbons (Fsp3) is 0.529. The van der Waals surface area contributed by atoms with Gasteiger partial charge in [0.05, 0.1) is 19.3 Å². The minimum Gasteiger partial charge on any atom is -0.489 e. The molecular formula is C17H23FN4O2. The molecule has 0 spiro atoms. The molecule has 1 aliphatic rings. The van der Waals surface area contributed by atoms with Crippen LogP contribution < -0.4 is 4.74 Å². The van der Waals surface area contributed by atoms with Crippen LogP contribution in [0.5, 0.6) is 5.75 Å². The number of para-hydroxylation sites is 1. The molecule has 7 heteroatoms. The first-order chi connectivity index (χ1) is 11.6. The Morgan fingerprint density at radius 2 is 2.17 bits per heavy atom. The summed E-state index contributed by atoms with van der Waals surface area (Å²) in [6, 6.07) is 6.48. The molecule has 1 aromatic heterocycles. The lowest BCUT2D eigenvalue weighted by atomic mass is 10.2. The number of hydrogen-bond acceptors (Lipinski definition) is 5. The van der Waals surface area contributed by atoms with E-state index < -0.39 is 0 Å². The molecule has 2 aromatic rings. The summed E-state index contributed by atoms with van der Waals surface area (Å²) < 4.78 is 26.8. The minimum atomic E-state index is -0.325. The molecule has 130 valence electrons. The van der Waals surface area contributed by atoms with Gasteiger partial charge in [-0.2, -0.15) is 5.10 Å². The van der Waals surface area contributed by atoms with Gasteiger partial charge in [-0.25, -0.2) is 14.1 Å². The zero-order valence-corrected chi connectivity index (χ0v) is 14.1. The molecule has 1 unspecified atom stereocenters. The number of rotatable bonds is 6. The lowest BCUT2D eigenvalue weighted by molar-refractivity contribution is -0.0404. The predicted octanol–water partition coefficient (Wildman–Crippen LogP) is 1.81. The maximum atomic E-state index is 13.5. The van der Waals surface area contributed by atoms with Crippen LogP contribution in [0.1, 0.15) is 11.6 Å². The van der Waals surface area contributed by atoms with Gasteiger partial charge in [-0.05, 0) is 26.0 Å². The second kappa shape index (κ2) is 7.72. The van der Waals surface area contributed by atoms with E-state index in [9.17, 15) is 4.39 Å². The van der Waals surface area contributed by atoms with E-state index in [1.165, 1.54) is 6.07 Å². The zero-order valence-electron chi connectivity index (χ0n) is 14.1. The van der Waals surface area contributed by atoms with Crippen molar-refractivity contribution in [1.29, 1.82) is 0 Å². The number of benzene rings is 1. The van der Waals surface area contributed by atoms with Crippen LogP contribution >= 0.6 is 0 Å². The Bertz CT molecular complexity index is 676. The predicted molar refractivity (Wildman–Crippen MR) is 87.6 cm³/mol. The van der Waals surface area contributed by atoms with Crippen LogP contribution in [-0.4, -0.2) is 58.6 Å². The molecule has 6 nitrogen and oxygen atoms in total. The van der Waals surface area contributed by atoms with Crippen molar-refractivity contribution < 1.29 is 13.9 Å². The summed E-state index contributed by atoms with van der Waals surface area (Å²) in [6.45, 7) is 8.05. The normalized spacial score (nSPS) is 18.7. The van der Waals surface area contributed by atoms with Crippen molar-refractivity contribution >= 4 is 0 Å². The summed E-state index contributed by atoms with van der Waals surface area (Å²) in [5.74, 6) is 1.65. The van der Waals surface area contributed by atoms with Gasteiger partial charge in [0.15, 0.2) is 11.6 Å². The van der Waals surface area contributed by atoms with Crippen molar-refractivity contribution in [3.63, 3.8) is 0 Å². The van der Waals surface area contributed by atoms with Gasteiger partial charge in [-0.15, -0.1) is 0 Å². The Morgan fingerprint density at radius 1 is 1.33 bits per heavy atom. The first-order valence-electron chi connectivity index (χ1n) is 8.21. The number of aromatic nitrogens is 3. The van der Waals surface area contributed by atoms with Gasteiger partial charge >= 0.3 is 0 Å². The zero-order chi connectivity index (χ0) is 16.9. The third-order valence-corrected chi connectivity index (χ3v) is 4.06. The van der Waals surface area contributed by atoms with Gasteiger partial charge in [0.25, 0.3) is 0 Å². The molecule has 24 heavy (non-hydrogen) atoms. The third kappa shape index (κ3) is 4.30. The number of halogens is 1. The highest BCUT2D eigenvalue weighted by Crippen LogP contribution is 2.15. The third-order valence-electron chi connectivity index (χ3n) is 4.06. The molecule has 1 atom stereocenters. The first-order valence-corrected chi connectivity index (χ1v) is 8.21. The van der Waals surface area contributed by atoms with E-state index in [-0.39, 0.29) is 11.9 Å². The largest absolute Gasteiger partial charge is 0.489 e. The Labute approximate surface area is 141 Å². The molecule has 0 aliphatic carbocycles. The molecule has 1 aromatic carbocycles. The Balaban J connectivity index is 1.47. The molecular weight excluding hydrogens is 311 g/mol. The molecule has 0 amide bonds. The lowest BCUT2D eigenvalue weighted by Gasteiger charge is -2.32. The molecule has 1 aliphatic heterocycles. The van der Waals surface area contributed by atoms with Crippen LogP contribution in [0.15, 0.2) is 24.3 Å². The van der Waals surface area contributed by atoms with Crippen molar-refractivity contribution in [2.75, 3.05) is 32.8 Å². The average Bonchev–Trinajstić information content (AvgIpc) is 2.87. The first kappa shape index (κ1) is 16.9. The molecule has 0 N–H and O–H groups in total. The molecule has 0 radical (unpaired) electrons. The smallest absolute Gasteiger partial charge is 0.165 e. The maximum absolute atomic E-state index is 13.5. The number of morpholine rings is 1. The highest BCUT2D eigenvalue weighted by atomic mass is 19.1. The average molecular weight is 334 g/mol. The number of ether oxygens (including phenoxy) is 2. The van der Waals surface area contributed by atoms with E-state index in [4.69, 9.17) is 9.47 Å². The van der Waals surface area contributed by atoms with E-state index in [2.05, 4.69) is 15.0 Å². The summed E-state index contributed by atoms with van der Waals surface area (Å²) in [5.41, 5.74) is 0. The van der Waals surface area contributed by atoms with Crippen LogP contribution in [0.4, 0.5) is 4.39 Å². The van der Waals surface area contributed by atoms with Crippen molar-refractivity contribution in [3.05, 3.63) is 41.7 Å². The molecule has 2 heterocycles. The Kier molecular flexibility index (Phi) is 5.42. The quantitative estimate of drug-likeness (QED) is 0.806. The highest BCUT2D eigenvalue weighted by molar-refractivity contribution is 5.23. The van der Waals surface area contributed by atoms with Gasteiger partial charge in [0, 0.05) is 19.6 Å². The molecule has 0 bridgehead atoms. The van der Waals surface area contributed by atoms with Crippen LogP contribution in [-0.2, 0) is 11.3 Å². The van der Waals surface area contributed by atoms with E-state index in [1.54, 1.807) is 18.2 Å². The SMILES string of the molecule is Cc1nc(C)n(CC2CN(CCOc3ccccc3F)CCO2)n1. The van der Waals surface area contributed by atoms with Crippen LogP contribution in [0.25, 0.3) is 0 Å². The second-order valence-corrected chi connectivity index (χ2v) is 5.96.